The molecular weight excluding hydrogens is 270 g/mol. The first-order valence-corrected chi connectivity index (χ1v) is 7.78. The van der Waals surface area contributed by atoms with Crippen molar-refractivity contribution < 1.29 is 4.74 Å². The van der Waals surface area contributed by atoms with E-state index >= 15 is 0 Å². The Kier molecular flexibility index (Phi) is 3.23. The van der Waals surface area contributed by atoms with Gasteiger partial charge in [0.25, 0.3) is 0 Å². The Bertz CT molecular complexity index is 745. The maximum Gasteiger partial charge on any atom is 0.131 e. The summed E-state index contributed by atoms with van der Waals surface area (Å²) in [5.74, 6) is 1.37. The fourth-order valence-corrected chi connectivity index (χ4v) is 3.21. The molecule has 110 valence electrons. The van der Waals surface area contributed by atoms with E-state index in [1.54, 1.807) is 0 Å². The van der Waals surface area contributed by atoms with Gasteiger partial charge in [0, 0.05) is 29.3 Å². The van der Waals surface area contributed by atoms with Gasteiger partial charge >= 0.3 is 0 Å². The average molecular weight is 289 g/mol. The third-order valence-electron chi connectivity index (χ3n) is 4.33. The minimum absolute atomic E-state index is 0.152. The molecule has 2 aliphatic rings. The van der Waals surface area contributed by atoms with Gasteiger partial charge in [-0.15, -0.1) is 0 Å². The number of ether oxygens (including phenoxy) is 1. The molecule has 2 heteroatoms. The van der Waals surface area contributed by atoms with Gasteiger partial charge in [-0.1, -0.05) is 61.5 Å². The highest BCUT2D eigenvalue weighted by atomic mass is 16.5. The monoisotopic (exact) mass is 289 g/mol. The minimum Gasteiger partial charge on any atom is -0.484 e. The third kappa shape index (κ3) is 2.31. The summed E-state index contributed by atoms with van der Waals surface area (Å²) in [5.41, 5.74) is 5.00. The molecule has 2 unspecified atom stereocenters. The molecule has 0 saturated carbocycles. The second-order valence-electron chi connectivity index (χ2n) is 5.95. The standard InChI is InChI=1S/C20H19NO/c1-14-11-16(21-13-15-7-3-2-4-8-15)12-18-17-9-5-6-10-19(17)22-20(14)18/h2-12,14,20-21H,13H2,1H3. The Morgan fingerprint density at radius 3 is 2.64 bits per heavy atom. The molecule has 2 nitrogen and oxygen atoms in total. The Morgan fingerprint density at radius 1 is 1.00 bits per heavy atom. The maximum absolute atomic E-state index is 6.09. The van der Waals surface area contributed by atoms with E-state index < -0.39 is 0 Å². The van der Waals surface area contributed by atoms with Crippen LogP contribution in [0.3, 0.4) is 0 Å². The van der Waals surface area contributed by atoms with Crippen molar-refractivity contribution in [2.24, 2.45) is 5.92 Å². The van der Waals surface area contributed by atoms with Gasteiger partial charge in [-0.25, -0.2) is 0 Å². The molecule has 1 N–H and O–H groups in total. The summed E-state index contributed by atoms with van der Waals surface area (Å²) in [6, 6.07) is 18.8. The summed E-state index contributed by atoms with van der Waals surface area (Å²) < 4.78 is 6.09. The lowest BCUT2D eigenvalue weighted by Gasteiger charge is -2.24. The zero-order chi connectivity index (χ0) is 14.9. The Morgan fingerprint density at radius 2 is 1.77 bits per heavy atom. The largest absolute Gasteiger partial charge is 0.484 e. The zero-order valence-corrected chi connectivity index (χ0v) is 12.6. The molecule has 0 aromatic heterocycles. The average Bonchev–Trinajstić information content (AvgIpc) is 2.94. The number of fused-ring (bicyclic) bond motifs is 3. The second-order valence-corrected chi connectivity index (χ2v) is 5.95. The lowest BCUT2D eigenvalue weighted by atomic mass is 9.88. The van der Waals surface area contributed by atoms with Gasteiger partial charge in [0.05, 0.1) is 0 Å². The van der Waals surface area contributed by atoms with Gasteiger partial charge in [-0.05, 0) is 17.7 Å². The predicted octanol–water partition coefficient (Wildman–Crippen LogP) is 4.15. The van der Waals surface area contributed by atoms with Crippen molar-refractivity contribution in [3.05, 3.63) is 83.6 Å². The summed E-state index contributed by atoms with van der Waals surface area (Å²) in [6.07, 6.45) is 4.65. The normalized spacial score (nSPS) is 22.0. The summed E-state index contributed by atoms with van der Waals surface area (Å²) in [7, 11) is 0. The number of para-hydroxylation sites is 1. The maximum atomic E-state index is 6.09. The SMILES string of the molecule is CC1C=C(NCc2ccccc2)C=C2c3ccccc3OC21. The number of hydrogen-bond donors (Lipinski definition) is 1. The van der Waals surface area contributed by atoms with Gasteiger partial charge in [0.15, 0.2) is 0 Å². The van der Waals surface area contributed by atoms with Crippen molar-refractivity contribution in [1.29, 1.82) is 0 Å². The van der Waals surface area contributed by atoms with Crippen molar-refractivity contribution in [2.45, 2.75) is 19.6 Å². The van der Waals surface area contributed by atoms with Gasteiger partial charge < -0.3 is 10.1 Å². The third-order valence-corrected chi connectivity index (χ3v) is 4.33. The van der Waals surface area contributed by atoms with Crippen LogP contribution in [0.2, 0.25) is 0 Å². The van der Waals surface area contributed by atoms with Crippen molar-refractivity contribution in [2.75, 3.05) is 0 Å². The van der Waals surface area contributed by atoms with Gasteiger partial charge in [-0.2, -0.15) is 0 Å². The van der Waals surface area contributed by atoms with Gasteiger partial charge in [-0.3, -0.25) is 0 Å². The lowest BCUT2D eigenvalue weighted by molar-refractivity contribution is 0.234. The van der Waals surface area contributed by atoms with E-state index in [9.17, 15) is 0 Å². The molecule has 2 aromatic rings. The summed E-state index contributed by atoms with van der Waals surface area (Å²) in [5, 5.41) is 3.54. The highest BCUT2D eigenvalue weighted by molar-refractivity contribution is 5.80. The zero-order valence-electron chi connectivity index (χ0n) is 12.6. The van der Waals surface area contributed by atoms with Crippen LogP contribution in [0.4, 0.5) is 0 Å². The molecule has 0 fully saturated rings. The van der Waals surface area contributed by atoms with E-state index in [1.807, 2.05) is 12.1 Å². The van der Waals surface area contributed by atoms with Crippen LogP contribution in [0, 0.1) is 5.92 Å². The van der Waals surface area contributed by atoms with Crippen molar-refractivity contribution in [3.63, 3.8) is 0 Å². The molecule has 0 amide bonds. The van der Waals surface area contributed by atoms with Crippen LogP contribution in [-0.2, 0) is 6.54 Å². The Balaban J connectivity index is 1.58. The van der Waals surface area contributed by atoms with Crippen molar-refractivity contribution >= 4 is 5.57 Å². The Hall–Kier alpha value is -2.48. The van der Waals surface area contributed by atoms with E-state index in [0.717, 1.165) is 12.3 Å². The predicted molar refractivity (Wildman–Crippen MR) is 89.4 cm³/mol. The molecule has 22 heavy (non-hydrogen) atoms. The number of hydrogen-bond acceptors (Lipinski definition) is 2. The van der Waals surface area contributed by atoms with E-state index in [-0.39, 0.29) is 6.10 Å². The first kappa shape index (κ1) is 13.2. The lowest BCUT2D eigenvalue weighted by Crippen LogP contribution is -2.26. The molecule has 0 saturated heterocycles. The molecule has 2 atom stereocenters. The van der Waals surface area contributed by atoms with Crippen molar-refractivity contribution in [1.82, 2.24) is 5.32 Å². The van der Waals surface area contributed by atoms with Crippen molar-refractivity contribution in [3.8, 4) is 5.75 Å². The summed E-state index contributed by atoms with van der Waals surface area (Å²) in [4.78, 5) is 0. The van der Waals surface area contributed by atoms with Crippen LogP contribution in [0.1, 0.15) is 18.1 Å². The van der Waals surface area contributed by atoms with E-state index in [2.05, 4.69) is 66.9 Å². The van der Waals surface area contributed by atoms with E-state index in [4.69, 9.17) is 4.74 Å². The molecule has 1 heterocycles. The summed E-state index contributed by atoms with van der Waals surface area (Å²) >= 11 is 0. The molecular formula is C20H19NO. The van der Waals surface area contributed by atoms with Crippen LogP contribution < -0.4 is 10.1 Å². The smallest absolute Gasteiger partial charge is 0.131 e. The second kappa shape index (κ2) is 5.38. The topological polar surface area (TPSA) is 21.3 Å². The molecule has 2 aromatic carbocycles. The summed E-state index contributed by atoms with van der Waals surface area (Å²) in [6.45, 7) is 3.06. The first-order valence-electron chi connectivity index (χ1n) is 7.78. The molecule has 0 radical (unpaired) electrons. The fourth-order valence-electron chi connectivity index (χ4n) is 3.21. The van der Waals surface area contributed by atoms with Crippen LogP contribution in [0.5, 0.6) is 5.75 Å². The quantitative estimate of drug-likeness (QED) is 0.916. The number of nitrogens with one attached hydrogen (secondary N) is 1. The highest BCUT2D eigenvalue weighted by Gasteiger charge is 2.34. The van der Waals surface area contributed by atoms with Gasteiger partial charge in [0.2, 0.25) is 0 Å². The molecule has 1 aliphatic carbocycles. The number of allylic oxidation sites excluding steroid dienone is 1. The Labute approximate surface area is 131 Å². The first-order chi connectivity index (χ1) is 10.8. The molecule has 0 bridgehead atoms. The number of benzene rings is 2. The van der Waals surface area contributed by atoms with E-state index in [0.29, 0.717) is 5.92 Å². The fraction of sp³-hybridized carbons (Fsp3) is 0.200. The number of rotatable bonds is 3. The highest BCUT2D eigenvalue weighted by Crippen LogP contribution is 2.42. The molecule has 0 spiro atoms. The van der Waals surface area contributed by atoms with Crippen LogP contribution >= 0.6 is 0 Å². The van der Waals surface area contributed by atoms with Crippen LogP contribution in [0.25, 0.3) is 5.57 Å². The van der Waals surface area contributed by atoms with Gasteiger partial charge in [0.1, 0.15) is 11.9 Å². The molecule has 1 aliphatic heterocycles. The molecule has 4 rings (SSSR count). The van der Waals surface area contributed by atoms with E-state index in [1.165, 1.54) is 22.4 Å². The van der Waals surface area contributed by atoms with Crippen LogP contribution in [-0.4, -0.2) is 6.10 Å². The van der Waals surface area contributed by atoms with Crippen LogP contribution in [0.15, 0.2) is 72.4 Å². The minimum atomic E-state index is 0.152.